The van der Waals surface area contributed by atoms with Crippen LogP contribution in [0.4, 0.5) is 17.5 Å². The molecule has 3 aromatic carbocycles. The first kappa shape index (κ1) is 21.2. The standard InChI is InChI=1S/C25H18N6O2/c1-32-22-12-20(10-11-21(22)18-6-2-16(14-26)3-7-18)33-24-13-23(28)30-25(31-24)29-19-8-4-17(15-27)5-9-19/h2-13H,1H3,(H3,28,29,30,31). The maximum atomic E-state index is 8.99. The van der Waals surface area contributed by atoms with E-state index in [4.69, 9.17) is 25.7 Å². The average Bonchev–Trinajstić information content (AvgIpc) is 2.84. The van der Waals surface area contributed by atoms with E-state index in [-0.39, 0.29) is 17.6 Å². The van der Waals surface area contributed by atoms with Crippen molar-refractivity contribution < 1.29 is 9.47 Å². The van der Waals surface area contributed by atoms with Crippen LogP contribution in [0.5, 0.6) is 17.4 Å². The van der Waals surface area contributed by atoms with Crippen LogP contribution < -0.4 is 20.5 Å². The van der Waals surface area contributed by atoms with Gasteiger partial charge in [-0.2, -0.15) is 20.5 Å². The molecule has 0 aliphatic heterocycles. The average molecular weight is 434 g/mol. The summed E-state index contributed by atoms with van der Waals surface area (Å²) in [5.41, 5.74) is 9.55. The second kappa shape index (κ2) is 9.38. The zero-order valence-corrected chi connectivity index (χ0v) is 17.6. The van der Waals surface area contributed by atoms with E-state index in [1.54, 1.807) is 55.6 Å². The Labute approximate surface area is 190 Å². The lowest BCUT2D eigenvalue weighted by molar-refractivity contribution is 0.409. The summed E-state index contributed by atoms with van der Waals surface area (Å²) >= 11 is 0. The Morgan fingerprint density at radius 1 is 0.848 bits per heavy atom. The van der Waals surface area contributed by atoms with Crippen LogP contribution in [0.3, 0.4) is 0 Å². The molecule has 0 spiro atoms. The largest absolute Gasteiger partial charge is 0.496 e. The highest BCUT2D eigenvalue weighted by Gasteiger charge is 2.11. The number of anilines is 3. The summed E-state index contributed by atoms with van der Waals surface area (Å²) in [6.07, 6.45) is 0. The van der Waals surface area contributed by atoms with E-state index in [2.05, 4.69) is 27.4 Å². The molecule has 8 nitrogen and oxygen atoms in total. The third-order valence-electron chi connectivity index (χ3n) is 4.71. The van der Waals surface area contributed by atoms with Crippen LogP contribution in [0.2, 0.25) is 0 Å². The van der Waals surface area contributed by atoms with Crippen molar-refractivity contribution >= 4 is 17.5 Å². The number of nitrogen functional groups attached to an aromatic ring is 1. The molecule has 0 atom stereocenters. The number of benzene rings is 3. The molecular formula is C25H18N6O2. The van der Waals surface area contributed by atoms with E-state index in [1.807, 2.05) is 18.2 Å². The molecule has 1 aromatic heterocycles. The number of methoxy groups -OCH3 is 1. The molecule has 33 heavy (non-hydrogen) atoms. The molecule has 3 N–H and O–H groups in total. The lowest BCUT2D eigenvalue weighted by Crippen LogP contribution is -2.02. The number of nitrogens with zero attached hydrogens (tertiary/aromatic N) is 4. The molecule has 4 aromatic rings. The molecule has 1 heterocycles. The summed E-state index contributed by atoms with van der Waals surface area (Å²) in [6, 6.07) is 25.2. The number of hydrogen-bond donors (Lipinski definition) is 2. The Bertz CT molecular complexity index is 1370. The third kappa shape index (κ3) is 4.98. The summed E-state index contributed by atoms with van der Waals surface area (Å²) in [6.45, 7) is 0. The summed E-state index contributed by atoms with van der Waals surface area (Å²) in [7, 11) is 1.58. The molecule has 0 saturated carbocycles. The summed E-state index contributed by atoms with van der Waals surface area (Å²) < 4.78 is 11.4. The first-order valence-electron chi connectivity index (χ1n) is 9.86. The van der Waals surface area contributed by atoms with Gasteiger partial charge in [0, 0.05) is 23.4 Å². The van der Waals surface area contributed by atoms with E-state index in [0.29, 0.717) is 28.3 Å². The Balaban J connectivity index is 1.56. The van der Waals surface area contributed by atoms with Crippen molar-refractivity contribution in [1.29, 1.82) is 10.5 Å². The smallest absolute Gasteiger partial charge is 0.232 e. The minimum Gasteiger partial charge on any atom is -0.496 e. The molecule has 4 rings (SSSR count). The SMILES string of the molecule is COc1cc(Oc2cc(N)nc(Nc3ccc(C#N)cc3)n2)ccc1-c1ccc(C#N)cc1. The highest BCUT2D eigenvalue weighted by Crippen LogP contribution is 2.35. The van der Waals surface area contributed by atoms with E-state index in [1.165, 1.54) is 6.07 Å². The molecule has 0 fully saturated rings. The molecule has 0 aliphatic carbocycles. The molecule has 0 bridgehead atoms. The normalized spacial score (nSPS) is 10.0. The number of nitriles is 2. The summed E-state index contributed by atoms with van der Waals surface area (Å²) in [5.74, 6) is 1.86. The van der Waals surface area contributed by atoms with Gasteiger partial charge in [0.15, 0.2) is 0 Å². The second-order valence-electron chi connectivity index (χ2n) is 6.92. The number of nitrogens with two attached hydrogens (primary N) is 1. The lowest BCUT2D eigenvalue weighted by atomic mass is 10.0. The zero-order chi connectivity index (χ0) is 23.2. The van der Waals surface area contributed by atoms with Crippen LogP contribution in [0.15, 0.2) is 72.8 Å². The number of nitrogens with one attached hydrogen (secondary N) is 1. The first-order valence-corrected chi connectivity index (χ1v) is 9.86. The van der Waals surface area contributed by atoms with Gasteiger partial charge in [0.05, 0.1) is 30.4 Å². The van der Waals surface area contributed by atoms with Crippen LogP contribution in [-0.2, 0) is 0 Å². The predicted octanol–water partition coefficient (Wildman–Crippen LogP) is 5.01. The maximum absolute atomic E-state index is 8.99. The van der Waals surface area contributed by atoms with Gasteiger partial charge in [-0.15, -0.1) is 0 Å². The fraction of sp³-hybridized carbons (Fsp3) is 0.0400. The minimum absolute atomic E-state index is 0.234. The molecule has 8 heteroatoms. The molecule has 0 amide bonds. The first-order chi connectivity index (χ1) is 16.1. The Kier molecular flexibility index (Phi) is 6.01. The summed E-state index contributed by atoms with van der Waals surface area (Å²) in [4.78, 5) is 8.54. The topological polar surface area (TPSA) is 130 Å². The Hall–Kier alpha value is -5.08. The quantitative estimate of drug-likeness (QED) is 0.433. The zero-order valence-electron chi connectivity index (χ0n) is 17.6. The fourth-order valence-electron chi connectivity index (χ4n) is 3.13. The van der Waals surface area contributed by atoms with Gasteiger partial charge in [-0.25, -0.2) is 0 Å². The number of aromatic nitrogens is 2. The van der Waals surface area contributed by atoms with Crippen LogP contribution in [0.1, 0.15) is 11.1 Å². The molecule has 160 valence electrons. The molecule has 0 radical (unpaired) electrons. The molecule has 0 aliphatic rings. The Morgan fingerprint density at radius 2 is 1.52 bits per heavy atom. The van der Waals surface area contributed by atoms with Gasteiger partial charge < -0.3 is 20.5 Å². The molecular weight excluding hydrogens is 416 g/mol. The van der Waals surface area contributed by atoms with Crippen molar-refractivity contribution in [2.45, 2.75) is 0 Å². The maximum Gasteiger partial charge on any atom is 0.232 e. The van der Waals surface area contributed by atoms with Crippen molar-refractivity contribution in [2.75, 3.05) is 18.2 Å². The minimum atomic E-state index is 0.234. The highest BCUT2D eigenvalue weighted by molar-refractivity contribution is 5.72. The van der Waals surface area contributed by atoms with Crippen molar-refractivity contribution in [2.24, 2.45) is 0 Å². The van der Waals surface area contributed by atoms with E-state index < -0.39 is 0 Å². The molecule has 0 unspecified atom stereocenters. The van der Waals surface area contributed by atoms with Gasteiger partial charge in [0.25, 0.3) is 0 Å². The van der Waals surface area contributed by atoms with E-state index in [0.717, 1.165) is 11.1 Å². The van der Waals surface area contributed by atoms with Crippen LogP contribution in [0, 0.1) is 22.7 Å². The number of ether oxygens (including phenoxy) is 2. The lowest BCUT2D eigenvalue weighted by Gasteiger charge is -2.12. The monoisotopic (exact) mass is 434 g/mol. The van der Waals surface area contributed by atoms with Gasteiger partial charge in [-0.1, -0.05) is 12.1 Å². The predicted molar refractivity (Wildman–Crippen MR) is 124 cm³/mol. The van der Waals surface area contributed by atoms with Crippen molar-refractivity contribution in [3.8, 4) is 40.6 Å². The Morgan fingerprint density at radius 3 is 2.15 bits per heavy atom. The van der Waals surface area contributed by atoms with Gasteiger partial charge in [0.2, 0.25) is 11.8 Å². The van der Waals surface area contributed by atoms with E-state index in [9.17, 15) is 0 Å². The van der Waals surface area contributed by atoms with Gasteiger partial charge >= 0.3 is 0 Å². The summed E-state index contributed by atoms with van der Waals surface area (Å²) in [5, 5.41) is 21.0. The van der Waals surface area contributed by atoms with Crippen molar-refractivity contribution in [3.05, 3.63) is 83.9 Å². The highest BCUT2D eigenvalue weighted by atomic mass is 16.5. The van der Waals surface area contributed by atoms with Crippen molar-refractivity contribution in [3.63, 3.8) is 0 Å². The van der Waals surface area contributed by atoms with Gasteiger partial charge in [0.1, 0.15) is 17.3 Å². The van der Waals surface area contributed by atoms with E-state index >= 15 is 0 Å². The van der Waals surface area contributed by atoms with Gasteiger partial charge in [-0.05, 0) is 54.1 Å². The third-order valence-corrected chi connectivity index (χ3v) is 4.71. The number of hydrogen-bond acceptors (Lipinski definition) is 8. The second-order valence-corrected chi connectivity index (χ2v) is 6.92. The number of rotatable bonds is 6. The van der Waals surface area contributed by atoms with Gasteiger partial charge in [-0.3, -0.25) is 0 Å². The molecule has 0 saturated heterocycles. The van der Waals surface area contributed by atoms with Crippen molar-refractivity contribution in [1.82, 2.24) is 9.97 Å². The van der Waals surface area contributed by atoms with Crippen LogP contribution in [-0.4, -0.2) is 17.1 Å². The van der Waals surface area contributed by atoms with Crippen LogP contribution >= 0.6 is 0 Å². The van der Waals surface area contributed by atoms with Crippen LogP contribution in [0.25, 0.3) is 11.1 Å². The fourth-order valence-corrected chi connectivity index (χ4v) is 3.13.